The molecule has 2 aromatic heterocycles. The molecule has 4 aromatic rings. The van der Waals surface area contributed by atoms with Gasteiger partial charge in [0.1, 0.15) is 5.82 Å². The molecule has 0 saturated carbocycles. The van der Waals surface area contributed by atoms with Gasteiger partial charge in [0.05, 0.1) is 11.6 Å². The zero-order valence-corrected chi connectivity index (χ0v) is 18.6. The fourth-order valence-electron chi connectivity index (χ4n) is 4.93. The number of nitrogens with zero attached hydrogens (tertiary/aromatic N) is 3. The first-order valence-corrected chi connectivity index (χ1v) is 11.0. The maximum absolute atomic E-state index is 14.0. The SMILES string of the molecule is Cc1ccc(Cn2c(C)c(C)c3ccnc(N4CCc5ccc(F)cc5C4C)c32)cc1. The van der Waals surface area contributed by atoms with E-state index in [1.54, 1.807) is 12.1 Å². The molecule has 3 heterocycles. The van der Waals surface area contributed by atoms with Crippen molar-refractivity contribution in [2.75, 3.05) is 11.4 Å². The molecule has 0 radical (unpaired) electrons. The van der Waals surface area contributed by atoms with Crippen LogP contribution in [-0.4, -0.2) is 16.1 Å². The Labute approximate surface area is 183 Å². The van der Waals surface area contributed by atoms with Gasteiger partial charge in [0.25, 0.3) is 0 Å². The van der Waals surface area contributed by atoms with Crippen LogP contribution in [0.15, 0.2) is 54.7 Å². The summed E-state index contributed by atoms with van der Waals surface area (Å²) < 4.78 is 16.4. The lowest BCUT2D eigenvalue weighted by Gasteiger charge is -2.36. The van der Waals surface area contributed by atoms with E-state index in [4.69, 9.17) is 4.98 Å². The Bertz CT molecular complexity index is 1270. The number of pyridine rings is 1. The van der Waals surface area contributed by atoms with Gasteiger partial charge in [-0.05, 0) is 74.6 Å². The van der Waals surface area contributed by atoms with Gasteiger partial charge in [0.15, 0.2) is 5.82 Å². The maximum Gasteiger partial charge on any atom is 0.153 e. The molecule has 0 bridgehead atoms. The van der Waals surface area contributed by atoms with Crippen molar-refractivity contribution >= 4 is 16.7 Å². The van der Waals surface area contributed by atoms with Crippen LogP contribution in [0.25, 0.3) is 10.9 Å². The molecule has 2 aromatic carbocycles. The van der Waals surface area contributed by atoms with E-state index in [0.29, 0.717) is 0 Å². The van der Waals surface area contributed by atoms with E-state index in [-0.39, 0.29) is 11.9 Å². The van der Waals surface area contributed by atoms with Gasteiger partial charge in [-0.3, -0.25) is 0 Å². The van der Waals surface area contributed by atoms with Crippen molar-refractivity contribution < 1.29 is 4.39 Å². The van der Waals surface area contributed by atoms with Crippen molar-refractivity contribution in [1.29, 1.82) is 0 Å². The number of anilines is 1. The van der Waals surface area contributed by atoms with Crippen LogP contribution in [0.3, 0.4) is 0 Å². The van der Waals surface area contributed by atoms with E-state index < -0.39 is 0 Å². The van der Waals surface area contributed by atoms with Crippen molar-refractivity contribution in [2.45, 2.75) is 46.7 Å². The highest BCUT2D eigenvalue weighted by atomic mass is 19.1. The van der Waals surface area contributed by atoms with Crippen LogP contribution in [0.5, 0.6) is 0 Å². The number of hydrogen-bond donors (Lipinski definition) is 0. The molecule has 0 spiro atoms. The van der Waals surface area contributed by atoms with E-state index in [1.807, 2.05) is 12.3 Å². The van der Waals surface area contributed by atoms with E-state index >= 15 is 0 Å². The van der Waals surface area contributed by atoms with Gasteiger partial charge in [-0.15, -0.1) is 0 Å². The summed E-state index contributed by atoms with van der Waals surface area (Å²) in [6, 6.07) is 16.1. The van der Waals surface area contributed by atoms with Crippen LogP contribution in [0.2, 0.25) is 0 Å². The molecular weight excluding hydrogens is 385 g/mol. The van der Waals surface area contributed by atoms with Gasteiger partial charge in [-0.2, -0.15) is 0 Å². The first-order chi connectivity index (χ1) is 14.9. The van der Waals surface area contributed by atoms with Crippen molar-refractivity contribution in [3.05, 3.63) is 94.1 Å². The van der Waals surface area contributed by atoms with Gasteiger partial charge in [-0.1, -0.05) is 35.9 Å². The van der Waals surface area contributed by atoms with Crippen LogP contribution in [0, 0.1) is 26.6 Å². The molecule has 0 saturated heterocycles. The fraction of sp³-hybridized carbons (Fsp3) is 0.296. The molecule has 1 unspecified atom stereocenters. The molecule has 158 valence electrons. The van der Waals surface area contributed by atoms with Gasteiger partial charge in [0.2, 0.25) is 0 Å². The predicted molar refractivity (Wildman–Crippen MR) is 125 cm³/mol. The molecule has 31 heavy (non-hydrogen) atoms. The van der Waals surface area contributed by atoms with Crippen LogP contribution < -0.4 is 4.90 Å². The number of halogens is 1. The molecule has 0 N–H and O–H groups in total. The number of aryl methyl sites for hydroxylation is 2. The topological polar surface area (TPSA) is 21.1 Å². The second-order valence-electron chi connectivity index (χ2n) is 8.78. The minimum atomic E-state index is -0.173. The van der Waals surface area contributed by atoms with Crippen LogP contribution in [0.1, 0.15) is 46.5 Å². The summed E-state index contributed by atoms with van der Waals surface area (Å²) in [5.41, 5.74) is 8.58. The Morgan fingerprint density at radius 3 is 2.58 bits per heavy atom. The molecule has 4 heteroatoms. The quantitative estimate of drug-likeness (QED) is 0.394. The van der Waals surface area contributed by atoms with Crippen LogP contribution in [-0.2, 0) is 13.0 Å². The smallest absolute Gasteiger partial charge is 0.153 e. The van der Waals surface area contributed by atoms with E-state index in [0.717, 1.165) is 30.9 Å². The molecule has 0 fully saturated rings. The third-order valence-corrected chi connectivity index (χ3v) is 6.91. The number of rotatable bonds is 3. The summed E-state index contributed by atoms with van der Waals surface area (Å²) in [6.45, 7) is 10.3. The number of fused-ring (bicyclic) bond motifs is 2. The minimum Gasteiger partial charge on any atom is -0.348 e. The van der Waals surface area contributed by atoms with E-state index in [9.17, 15) is 4.39 Å². The molecule has 1 atom stereocenters. The highest BCUT2D eigenvalue weighted by molar-refractivity contribution is 5.94. The average molecular weight is 414 g/mol. The van der Waals surface area contributed by atoms with Gasteiger partial charge < -0.3 is 9.47 Å². The summed E-state index contributed by atoms with van der Waals surface area (Å²) in [5.74, 6) is 0.816. The van der Waals surface area contributed by atoms with Gasteiger partial charge in [-0.25, -0.2) is 9.37 Å². The summed E-state index contributed by atoms with van der Waals surface area (Å²) in [4.78, 5) is 7.20. The first-order valence-electron chi connectivity index (χ1n) is 11.0. The normalized spacial score (nSPS) is 16.0. The van der Waals surface area contributed by atoms with Crippen molar-refractivity contribution in [3.8, 4) is 0 Å². The minimum absolute atomic E-state index is 0.0703. The highest BCUT2D eigenvalue weighted by Crippen LogP contribution is 2.38. The fourth-order valence-corrected chi connectivity index (χ4v) is 4.93. The van der Waals surface area contributed by atoms with E-state index in [2.05, 4.69) is 67.5 Å². The highest BCUT2D eigenvalue weighted by Gasteiger charge is 2.28. The molecule has 3 nitrogen and oxygen atoms in total. The Morgan fingerprint density at radius 1 is 1.03 bits per heavy atom. The summed E-state index contributed by atoms with van der Waals surface area (Å²) in [7, 11) is 0. The zero-order valence-electron chi connectivity index (χ0n) is 18.6. The molecule has 5 rings (SSSR count). The van der Waals surface area contributed by atoms with E-state index in [1.165, 1.54) is 38.9 Å². The number of aromatic nitrogens is 2. The van der Waals surface area contributed by atoms with Crippen molar-refractivity contribution in [1.82, 2.24) is 9.55 Å². The summed E-state index contributed by atoms with van der Waals surface area (Å²) in [5, 5.41) is 1.24. The molecular formula is C27H28FN3. The standard InChI is InChI=1S/C27H28FN3/c1-17-5-7-21(8-6-17)16-31-19(3)18(2)24-11-13-29-27(26(24)31)30-14-12-22-9-10-23(28)15-25(22)20(30)4/h5-11,13,15,20H,12,14,16H2,1-4H3. The van der Waals surface area contributed by atoms with Gasteiger partial charge >= 0.3 is 0 Å². The zero-order chi connectivity index (χ0) is 21.7. The number of hydrogen-bond acceptors (Lipinski definition) is 2. The van der Waals surface area contributed by atoms with Crippen LogP contribution in [0.4, 0.5) is 10.2 Å². The maximum atomic E-state index is 14.0. The summed E-state index contributed by atoms with van der Waals surface area (Å²) >= 11 is 0. The molecule has 1 aliphatic rings. The Morgan fingerprint density at radius 2 is 1.81 bits per heavy atom. The monoisotopic (exact) mass is 413 g/mol. The Kier molecular flexibility index (Phi) is 4.81. The van der Waals surface area contributed by atoms with Crippen molar-refractivity contribution in [3.63, 3.8) is 0 Å². The Balaban J connectivity index is 1.64. The number of benzene rings is 2. The largest absolute Gasteiger partial charge is 0.348 e. The molecule has 0 aliphatic carbocycles. The van der Waals surface area contributed by atoms with Crippen LogP contribution >= 0.6 is 0 Å². The average Bonchev–Trinajstić information content (AvgIpc) is 3.01. The van der Waals surface area contributed by atoms with Crippen molar-refractivity contribution in [2.24, 2.45) is 0 Å². The summed E-state index contributed by atoms with van der Waals surface area (Å²) in [6.07, 6.45) is 2.81. The third-order valence-electron chi connectivity index (χ3n) is 6.91. The lowest BCUT2D eigenvalue weighted by atomic mass is 9.93. The lowest BCUT2D eigenvalue weighted by molar-refractivity contribution is 0.590. The molecule has 1 aliphatic heterocycles. The molecule has 0 amide bonds. The predicted octanol–water partition coefficient (Wildman–Crippen LogP) is 6.27. The second-order valence-corrected chi connectivity index (χ2v) is 8.78. The van der Waals surface area contributed by atoms with Gasteiger partial charge in [0, 0.05) is 30.4 Å². The lowest BCUT2D eigenvalue weighted by Crippen LogP contribution is -2.35. The second kappa shape index (κ2) is 7.52. The first kappa shape index (κ1) is 19.8. The Hall–Kier alpha value is -3.14. The third kappa shape index (κ3) is 3.31.